The number of anilines is 1. The molecule has 0 bridgehead atoms. The van der Waals surface area contributed by atoms with Gasteiger partial charge in [-0.15, -0.1) is 0 Å². The number of aromatic nitrogens is 2. The highest BCUT2D eigenvalue weighted by molar-refractivity contribution is 5.79. The van der Waals surface area contributed by atoms with Crippen LogP contribution in [0.25, 0.3) is 0 Å². The molecule has 0 aromatic carbocycles. The number of hydrogen-bond acceptors (Lipinski definition) is 6. The molecule has 4 aliphatic rings. The summed E-state index contributed by atoms with van der Waals surface area (Å²) in [5, 5.41) is 0. The number of morpholine rings is 1. The summed E-state index contributed by atoms with van der Waals surface area (Å²) in [6.45, 7) is 7.05. The van der Waals surface area contributed by atoms with E-state index >= 15 is 0 Å². The van der Waals surface area contributed by atoms with Crippen molar-refractivity contribution in [1.82, 2.24) is 19.8 Å². The fraction of sp³-hybridized carbons (Fsp3) is 0.773. The van der Waals surface area contributed by atoms with Gasteiger partial charge in [-0.2, -0.15) is 0 Å². The van der Waals surface area contributed by atoms with Crippen LogP contribution in [0.4, 0.5) is 5.82 Å². The molecule has 3 saturated heterocycles. The molecule has 158 valence electrons. The van der Waals surface area contributed by atoms with Crippen LogP contribution < -0.4 is 4.90 Å². The van der Waals surface area contributed by atoms with E-state index in [0.717, 1.165) is 70.8 Å². The molecule has 29 heavy (non-hydrogen) atoms. The van der Waals surface area contributed by atoms with Crippen molar-refractivity contribution < 1.29 is 9.53 Å². The maximum absolute atomic E-state index is 12.9. The highest BCUT2D eigenvalue weighted by Gasteiger charge is 2.34. The lowest BCUT2D eigenvalue weighted by Gasteiger charge is -2.43. The standard InChI is InChI=1S/C22H33N5O2/c28-22(26-10-12-29-13-11-26)18-2-1-7-27(15-18)19-5-8-25(9-6-19)21-14-20(17-3-4-17)23-16-24-21/h14,16-19H,1-13,15H2. The van der Waals surface area contributed by atoms with Crippen LogP contribution in [0.5, 0.6) is 0 Å². The largest absolute Gasteiger partial charge is 0.378 e. The van der Waals surface area contributed by atoms with Gasteiger partial charge in [-0.3, -0.25) is 9.69 Å². The van der Waals surface area contributed by atoms with Crippen molar-refractivity contribution >= 4 is 11.7 Å². The third kappa shape index (κ3) is 4.40. The van der Waals surface area contributed by atoms with Gasteiger partial charge in [0, 0.05) is 56.4 Å². The smallest absolute Gasteiger partial charge is 0.227 e. The number of ether oxygens (including phenoxy) is 1. The second-order valence-electron chi connectivity index (χ2n) is 9.07. The van der Waals surface area contributed by atoms with E-state index in [0.29, 0.717) is 31.1 Å². The summed E-state index contributed by atoms with van der Waals surface area (Å²) in [5.41, 5.74) is 1.22. The molecule has 3 aliphatic heterocycles. The van der Waals surface area contributed by atoms with E-state index in [2.05, 4.69) is 25.8 Å². The number of amides is 1. The topological polar surface area (TPSA) is 61.8 Å². The zero-order valence-electron chi connectivity index (χ0n) is 17.3. The SMILES string of the molecule is O=C(C1CCCN(C2CCN(c3cc(C4CC4)ncn3)CC2)C1)N1CCOCC1. The van der Waals surface area contributed by atoms with E-state index in [1.807, 2.05) is 4.90 Å². The first-order valence-corrected chi connectivity index (χ1v) is 11.5. The van der Waals surface area contributed by atoms with Gasteiger partial charge < -0.3 is 14.5 Å². The van der Waals surface area contributed by atoms with Crippen molar-refractivity contribution in [3.05, 3.63) is 18.1 Å². The van der Waals surface area contributed by atoms with Gasteiger partial charge in [0.1, 0.15) is 12.1 Å². The number of carbonyl (C=O) groups is 1. The molecule has 1 aromatic heterocycles. The van der Waals surface area contributed by atoms with Crippen molar-refractivity contribution in [2.45, 2.75) is 50.5 Å². The van der Waals surface area contributed by atoms with Crippen molar-refractivity contribution in [2.24, 2.45) is 5.92 Å². The number of hydrogen-bond donors (Lipinski definition) is 0. The van der Waals surface area contributed by atoms with E-state index in [1.165, 1.54) is 18.5 Å². The van der Waals surface area contributed by atoms with Crippen molar-refractivity contribution in [3.63, 3.8) is 0 Å². The summed E-state index contributed by atoms with van der Waals surface area (Å²) in [6.07, 6.45) is 8.77. The number of carbonyl (C=O) groups excluding carboxylic acids is 1. The van der Waals surface area contributed by atoms with Gasteiger partial charge in [-0.1, -0.05) is 0 Å². The average Bonchev–Trinajstić information content (AvgIpc) is 3.65. The van der Waals surface area contributed by atoms with Gasteiger partial charge >= 0.3 is 0 Å². The third-order valence-corrected chi connectivity index (χ3v) is 7.10. The summed E-state index contributed by atoms with van der Waals surface area (Å²) in [6, 6.07) is 2.80. The summed E-state index contributed by atoms with van der Waals surface area (Å²) >= 11 is 0. The molecule has 1 aromatic rings. The zero-order chi connectivity index (χ0) is 19.6. The third-order valence-electron chi connectivity index (χ3n) is 7.10. The quantitative estimate of drug-likeness (QED) is 0.771. The van der Waals surface area contributed by atoms with Crippen molar-refractivity contribution in [3.8, 4) is 0 Å². The molecule has 1 amide bonds. The number of piperidine rings is 2. The Morgan fingerprint density at radius 1 is 0.966 bits per heavy atom. The summed E-state index contributed by atoms with van der Waals surface area (Å²) < 4.78 is 5.41. The van der Waals surface area contributed by atoms with Crippen LogP contribution in [0, 0.1) is 5.92 Å². The molecule has 4 heterocycles. The lowest BCUT2D eigenvalue weighted by Crippen LogP contribution is -2.52. The van der Waals surface area contributed by atoms with E-state index in [4.69, 9.17) is 4.74 Å². The molecule has 4 fully saturated rings. The van der Waals surface area contributed by atoms with Crippen molar-refractivity contribution in [1.29, 1.82) is 0 Å². The maximum atomic E-state index is 12.9. The molecule has 1 aliphatic carbocycles. The van der Waals surface area contributed by atoms with Gasteiger partial charge in [0.2, 0.25) is 5.91 Å². The van der Waals surface area contributed by atoms with Crippen LogP contribution in [0.2, 0.25) is 0 Å². The van der Waals surface area contributed by atoms with Gasteiger partial charge in [0.05, 0.1) is 19.1 Å². The Labute approximate surface area is 173 Å². The molecule has 0 radical (unpaired) electrons. The van der Waals surface area contributed by atoms with E-state index < -0.39 is 0 Å². The fourth-order valence-corrected chi connectivity index (χ4v) is 5.18. The predicted molar refractivity (Wildman–Crippen MR) is 111 cm³/mol. The molecule has 1 unspecified atom stereocenters. The van der Waals surface area contributed by atoms with Crippen LogP contribution >= 0.6 is 0 Å². The second kappa shape index (κ2) is 8.56. The lowest BCUT2D eigenvalue weighted by atomic mass is 9.92. The summed E-state index contributed by atoms with van der Waals surface area (Å²) in [7, 11) is 0. The van der Waals surface area contributed by atoms with E-state index in [-0.39, 0.29) is 5.92 Å². The Hall–Kier alpha value is -1.73. The van der Waals surface area contributed by atoms with Crippen LogP contribution in [0.15, 0.2) is 12.4 Å². The molecule has 0 spiro atoms. The van der Waals surface area contributed by atoms with Crippen LogP contribution in [-0.2, 0) is 9.53 Å². The van der Waals surface area contributed by atoms with Crippen molar-refractivity contribution in [2.75, 3.05) is 57.4 Å². The van der Waals surface area contributed by atoms with Crippen LogP contribution in [0.1, 0.15) is 50.1 Å². The number of rotatable bonds is 4. The van der Waals surface area contributed by atoms with Gasteiger partial charge in [0.25, 0.3) is 0 Å². The summed E-state index contributed by atoms with van der Waals surface area (Å²) in [4.78, 5) is 29.0. The fourth-order valence-electron chi connectivity index (χ4n) is 5.18. The first-order chi connectivity index (χ1) is 14.3. The van der Waals surface area contributed by atoms with Gasteiger partial charge in [-0.05, 0) is 45.1 Å². The molecule has 7 nitrogen and oxygen atoms in total. The highest BCUT2D eigenvalue weighted by Crippen LogP contribution is 2.39. The minimum Gasteiger partial charge on any atom is -0.378 e. The second-order valence-corrected chi connectivity index (χ2v) is 9.07. The zero-order valence-corrected chi connectivity index (χ0v) is 17.3. The average molecular weight is 400 g/mol. The highest BCUT2D eigenvalue weighted by atomic mass is 16.5. The van der Waals surface area contributed by atoms with E-state index in [9.17, 15) is 4.79 Å². The Morgan fingerprint density at radius 2 is 1.76 bits per heavy atom. The Balaban J connectivity index is 1.15. The Morgan fingerprint density at radius 3 is 2.52 bits per heavy atom. The molecular formula is C22H33N5O2. The van der Waals surface area contributed by atoms with Crippen LogP contribution in [-0.4, -0.2) is 84.2 Å². The van der Waals surface area contributed by atoms with Gasteiger partial charge in [-0.25, -0.2) is 9.97 Å². The molecular weight excluding hydrogens is 366 g/mol. The van der Waals surface area contributed by atoms with Gasteiger partial charge in [0.15, 0.2) is 0 Å². The first kappa shape index (κ1) is 19.2. The number of likely N-dealkylation sites (tertiary alicyclic amines) is 1. The Kier molecular flexibility index (Phi) is 5.68. The lowest BCUT2D eigenvalue weighted by molar-refractivity contribution is -0.141. The predicted octanol–water partition coefficient (Wildman–Crippen LogP) is 1.89. The normalized spacial score (nSPS) is 27.2. The minimum absolute atomic E-state index is 0.169. The molecule has 5 rings (SSSR count). The van der Waals surface area contributed by atoms with E-state index in [1.54, 1.807) is 6.33 Å². The van der Waals surface area contributed by atoms with Crippen LogP contribution in [0.3, 0.4) is 0 Å². The molecule has 1 saturated carbocycles. The maximum Gasteiger partial charge on any atom is 0.227 e. The molecule has 7 heteroatoms. The Bertz CT molecular complexity index is 711. The number of nitrogens with zero attached hydrogens (tertiary/aromatic N) is 5. The molecule has 0 N–H and O–H groups in total. The summed E-state index contributed by atoms with van der Waals surface area (Å²) in [5.74, 6) is 2.29. The minimum atomic E-state index is 0.169. The molecule has 1 atom stereocenters. The monoisotopic (exact) mass is 399 g/mol. The first-order valence-electron chi connectivity index (χ1n) is 11.5.